The summed E-state index contributed by atoms with van der Waals surface area (Å²) in [4.78, 5) is 5.55. The second-order valence-corrected chi connectivity index (χ2v) is 11.0. The molecular formula is C22H12S4. The maximum atomic E-state index is 2.33. The topological polar surface area (TPSA) is 0 Å². The van der Waals surface area contributed by atoms with Gasteiger partial charge < -0.3 is 0 Å². The molecule has 0 saturated heterocycles. The summed E-state index contributed by atoms with van der Waals surface area (Å²) in [6.07, 6.45) is 0. The zero-order valence-corrected chi connectivity index (χ0v) is 16.8. The molecule has 4 aromatic carbocycles. The summed E-state index contributed by atoms with van der Waals surface area (Å²) in [5.74, 6) is 0. The molecular weight excluding hydrogens is 393 g/mol. The molecule has 0 bridgehead atoms. The standard InChI is InChI=1S/C22H12S4/c1-2-6-14-10-18-17(9-13(14)5-1)23-21(24-18)22-25-19-11-15-7-3-4-8-16(15)12-20(19)26-22/h1-12H. The molecule has 2 aliphatic heterocycles. The monoisotopic (exact) mass is 404 g/mol. The molecule has 0 aromatic heterocycles. The Balaban J connectivity index is 1.40. The Bertz CT molecular complexity index is 1050. The van der Waals surface area contributed by atoms with Crippen LogP contribution in [0, 0.1) is 0 Å². The van der Waals surface area contributed by atoms with Gasteiger partial charge in [0.25, 0.3) is 0 Å². The molecule has 0 spiro atoms. The molecule has 0 fully saturated rings. The van der Waals surface area contributed by atoms with E-state index in [9.17, 15) is 0 Å². The maximum absolute atomic E-state index is 2.33. The Morgan fingerprint density at radius 2 is 0.654 bits per heavy atom. The normalized spacial score (nSPS) is 15.7. The van der Waals surface area contributed by atoms with Crippen LogP contribution in [0.2, 0.25) is 0 Å². The van der Waals surface area contributed by atoms with Gasteiger partial charge in [-0.25, -0.2) is 0 Å². The number of thioether (sulfide) groups is 4. The van der Waals surface area contributed by atoms with Crippen molar-refractivity contribution in [2.75, 3.05) is 0 Å². The van der Waals surface area contributed by atoms with Gasteiger partial charge in [0.1, 0.15) is 0 Å². The van der Waals surface area contributed by atoms with E-state index in [1.54, 1.807) is 0 Å². The van der Waals surface area contributed by atoms with Crippen molar-refractivity contribution in [1.82, 2.24) is 0 Å². The molecule has 0 nitrogen and oxygen atoms in total. The summed E-state index contributed by atoms with van der Waals surface area (Å²) in [5.41, 5.74) is 0. The summed E-state index contributed by atoms with van der Waals surface area (Å²) >= 11 is 7.70. The van der Waals surface area contributed by atoms with Crippen LogP contribution in [0.4, 0.5) is 0 Å². The second kappa shape index (κ2) is 6.03. The van der Waals surface area contributed by atoms with Crippen LogP contribution < -0.4 is 0 Å². The molecule has 6 rings (SSSR count). The average molecular weight is 405 g/mol. The van der Waals surface area contributed by atoms with Gasteiger partial charge in [0.15, 0.2) is 0 Å². The van der Waals surface area contributed by atoms with E-state index in [1.165, 1.54) is 49.6 Å². The van der Waals surface area contributed by atoms with Crippen LogP contribution in [0.5, 0.6) is 0 Å². The summed E-state index contributed by atoms with van der Waals surface area (Å²) in [6, 6.07) is 26.6. The van der Waals surface area contributed by atoms with Gasteiger partial charge in [-0.3, -0.25) is 0 Å². The van der Waals surface area contributed by atoms with Gasteiger partial charge in [-0.15, -0.1) is 0 Å². The molecule has 4 aromatic rings. The highest BCUT2D eigenvalue weighted by Gasteiger charge is 2.27. The fraction of sp³-hybridized carbons (Fsp3) is 0. The van der Waals surface area contributed by atoms with Gasteiger partial charge in [0, 0.05) is 19.6 Å². The van der Waals surface area contributed by atoms with E-state index < -0.39 is 0 Å². The molecule has 0 radical (unpaired) electrons. The van der Waals surface area contributed by atoms with E-state index in [2.05, 4.69) is 72.8 Å². The molecule has 0 amide bonds. The Hall–Kier alpha value is -1.46. The number of benzene rings is 4. The first kappa shape index (κ1) is 15.6. The largest absolute Gasteiger partial charge is 0.0797 e. The van der Waals surface area contributed by atoms with Crippen molar-refractivity contribution < 1.29 is 0 Å². The van der Waals surface area contributed by atoms with Crippen molar-refractivity contribution in [2.45, 2.75) is 19.6 Å². The first-order valence-corrected chi connectivity index (χ1v) is 11.6. The lowest BCUT2D eigenvalue weighted by Crippen LogP contribution is -1.74. The molecule has 26 heavy (non-hydrogen) atoms. The lowest BCUT2D eigenvalue weighted by molar-refractivity contribution is 1.30. The first-order valence-electron chi connectivity index (χ1n) is 8.35. The van der Waals surface area contributed by atoms with Crippen LogP contribution >= 0.6 is 47.0 Å². The fourth-order valence-electron chi connectivity index (χ4n) is 3.32. The average Bonchev–Trinajstić information content (AvgIpc) is 3.27. The van der Waals surface area contributed by atoms with Gasteiger partial charge in [-0.05, 0) is 45.8 Å². The third-order valence-corrected chi connectivity index (χ3v) is 10.2. The zero-order chi connectivity index (χ0) is 17.1. The van der Waals surface area contributed by atoms with Gasteiger partial charge in [-0.2, -0.15) is 0 Å². The second-order valence-electron chi connectivity index (χ2n) is 6.28. The van der Waals surface area contributed by atoms with Crippen LogP contribution in [0.15, 0.2) is 101 Å². The minimum atomic E-state index is 1.33. The maximum Gasteiger partial charge on any atom is 0.0706 e. The van der Waals surface area contributed by atoms with Crippen molar-refractivity contribution >= 4 is 68.6 Å². The lowest BCUT2D eigenvalue weighted by atomic mass is 10.1. The highest BCUT2D eigenvalue weighted by molar-refractivity contribution is 8.30. The van der Waals surface area contributed by atoms with Gasteiger partial charge in [0.05, 0.1) is 8.47 Å². The molecule has 4 heteroatoms. The van der Waals surface area contributed by atoms with Crippen LogP contribution in [0.1, 0.15) is 0 Å². The minimum Gasteiger partial charge on any atom is -0.0797 e. The van der Waals surface area contributed by atoms with Crippen molar-refractivity contribution in [3.05, 3.63) is 81.3 Å². The van der Waals surface area contributed by atoms with Crippen molar-refractivity contribution in [3.8, 4) is 0 Å². The van der Waals surface area contributed by atoms with Crippen LogP contribution in [0.3, 0.4) is 0 Å². The Morgan fingerprint density at radius 1 is 0.385 bits per heavy atom. The van der Waals surface area contributed by atoms with E-state index in [4.69, 9.17) is 0 Å². The van der Waals surface area contributed by atoms with Crippen molar-refractivity contribution in [3.63, 3.8) is 0 Å². The summed E-state index contributed by atoms with van der Waals surface area (Å²) in [7, 11) is 0. The van der Waals surface area contributed by atoms with E-state index in [0.29, 0.717) is 0 Å². The van der Waals surface area contributed by atoms with Gasteiger partial charge in [0.2, 0.25) is 0 Å². The number of rotatable bonds is 0. The third kappa shape index (κ3) is 2.51. The highest BCUT2D eigenvalue weighted by Crippen LogP contribution is 2.62. The molecule has 124 valence electrons. The third-order valence-electron chi connectivity index (χ3n) is 4.60. The van der Waals surface area contributed by atoms with E-state index >= 15 is 0 Å². The molecule has 0 N–H and O–H groups in total. The molecule has 0 saturated carbocycles. The Kier molecular flexibility index (Phi) is 3.61. The van der Waals surface area contributed by atoms with Gasteiger partial charge >= 0.3 is 0 Å². The van der Waals surface area contributed by atoms with Crippen molar-refractivity contribution in [2.24, 2.45) is 0 Å². The van der Waals surface area contributed by atoms with E-state index in [-0.39, 0.29) is 0 Å². The molecule has 0 atom stereocenters. The minimum absolute atomic E-state index is 1.33. The van der Waals surface area contributed by atoms with E-state index in [1.807, 2.05) is 47.0 Å². The number of hydrogen-bond donors (Lipinski definition) is 0. The number of fused-ring (bicyclic) bond motifs is 4. The summed E-state index contributed by atoms with van der Waals surface area (Å²) in [6.45, 7) is 0. The number of hydrogen-bond acceptors (Lipinski definition) is 4. The lowest BCUT2D eigenvalue weighted by Gasteiger charge is -2.00. The summed E-state index contributed by atoms with van der Waals surface area (Å²) in [5, 5.41) is 5.30. The van der Waals surface area contributed by atoms with Gasteiger partial charge in [-0.1, -0.05) is 95.6 Å². The zero-order valence-electron chi connectivity index (χ0n) is 13.6. The first-order chi connectivity index (χ1) is 12.8. The van der Waals surface area contributed by atoms with Crippen LogP contribution in [0.25, 0.3) is 21.5 Å². The predicted molar refractivity (Wildman–Crippen MR) is 118 cm³/mol. The molecule has 2 heterocycles. The Labute approximate surface area is 168 Å². The van der Waals surface area contributed by atoms with E-state index in [0.717, 1.165) is 0 Å². The predicted octanol–water partition coefficient (Wildman–Crippen LogP) is 8.22. The fourth-order valence-corrected chi connectivity index (χ4v) is 8.75. The van der Waals surface area contributed by atoms with Crippen molar-refractivity contribution in [1.29, 1.82) is 0 Å². The molecule has 0 aliphatic carbocycles. The quantitative estimate of drug-likeness (QED) is 0.289. The molecule has 0 unspecified atom stereocenters. The van der Waals surface area contributed by atoms with Crippen LogP contribution in [-0.4, -0.2) is 0 Å². The molecule has 2 aliphatic rings. The van der Waals surface area contributed by atoms with Crippen LogP contribution in [-0.2, 0) is 0 Å². The Morgan fingerprint density at radius 3 is 0.923 bits per heavy atom. The highest BCUT2D eigenvalue weighted by atomic mass is 32.2. The SMILES string of the molecule is c1ccc2cc3c(cc2c1)SC(=C1Sc2cc4ccccc4cc2S1)S3. The smallest absolute Gasteiger partial charge is 0.0706 e. The summed E-state index contributed by atoms with van der Waals surface area (Å²) < 4.78 is 2.84.